The van der Waals surface area contributed by atoms with Crippen LogP contribution in [-0.4, -0.2) is 74.2 Å². The topological polar surface area (TPSA) is 58.6 Å². The molecule has 0 N–H and O–H groups in total. The molecule has 0 radical (unpaired) electrons. The molecule has 0 aromatic carbocycles. The number of hydrogen-bond acceptors (Lipinski definition) is 6. The van der Waals surface area contributed by atoms with Gasteiger partial charge in [0.25, 0.3) is 0 Å². The summed E-state index contributed by atoms with van der Waals surface area (Å²) >= 11 is 0. The van der Waals surface area contributed by atoms with E-state index >= 15 is 0 Å². The van der Waals surface area contributed by atoms with Crippen LogP contribution in [0.4, 0.5) is 0 Å². The van der Waals surface area contributed by atoms with E-state index in [0.717, 1.165) is 32.6 Å². The van der Waals surface area contributed by atoms with Crippen molar-refractivity contribution in [3.8, 4) is 0 Å². The van der Waals surface area contributed by atoms with Crippen molar-refractivity contribution in [2.75, 3.05) is 40.4 Å². The summed E-state index contributed by atoms with van der Waals surface area (Å²) in [6, 6.07) is -0.0729. The fourth-order valence-electron chi connectivity index (χ4n) is 2.04. The average Bonchev–Trinajstić information content (AvgIpc) is 3.22. The molecule has 0 aromatic heterocycles. The SMILES string of the molecule is COC(=O)C1CN1CCCN1CC1C(=O)OC. The van der Waals surface area contributed by atoms with Gasteiger partial charge in [-0.05, 0) is 6.42 Å². The molecule has 96 valence electrons. The second kappa shape index (κ2) is 5.01. The predicted octanol–water partition coefficient (Wildman–Crippen LogP) is -0.909. The van der Waals surface area contributed by atoms with Gasteiger partial charge in [-0.25, -0.2) is 0 Å². The number of nitrogens with zero attached hydrogens (tertiary/aromatic N) is 2. The van der Waals surface area contributed by atoms with Gasteiger partial charge in [-0.15, -0.1) is 0 Å². The molecule has 0 saturated carbocycles. The third kappa shape index (κ3) is 2.95. The molecular weight excluding hydrogens is 224 g/mol. The highest BCUT2D eigenvalue weighted by molar-refractivity contribution is 5.79. The van der Waals surface area contributed by atoms with Crippen molar-refractivity contribution in [2.24, 2.45) is 0 Å². The highest BCUT2D eigenvalue weighted by atomic mass is 16.5. The second-order valence-corrected chi connectivity index (χ2v) is 4.42. The molecule has 4 atom stereocenters. The Morgan fingerprint density at radius 1 is 1.00 bits per heavy atom. The zero-order chi connectivity index (χ0) is 12.4. The standard InChI is InChI=1S/C11H18N2O4/c1-16-10(14)8-6-12(8)4-3-5-13-7-9(13)11(15)17-2/h8-9H,3-7H2,1-2H3. The first kappa shape index (κ1) is 12.3. The Morgan fingerprint density at radius 2 is 1.41 bits per heavy atom. The second-order valence-electron chi connectivity index (χ2n) is 4.42. The first-order valence-electron chi connectivity index (χ1n) is 5.81. The Kier molecular flexibility index (Phi) is 3.63. The molecule has 2 rings (SSSR count). The molecule has 6 nitrogen and oxygen atoms in total. The largest absolute Gasteiger partial charge is 0.468 e. The number of methoxy groups -OCH3 is 2. The Balaban J connectivity index is 1.54. The first-order valence-corrected chi connectivity index (χ1v) is 5.81. The van der Waals surface area contributed by atoms with E-state index in [4.69, 9.17) is 0 Å². The van der Waals surface area contributed by atoms with Gasteiger partial charge in [0.2, 0.25) is 0 Å². The maximum atomic E-state index is 11.1. The van der Waals surface area contributed by atoms with Gasteiger partial charge in [0.05, 0.1) is 14.2 Å². The molecule has 2 aliphatic heterocycles. The number of hydrogen-bond donors (Lipinski definition) is 0. The van der Waals surface area contributed by atoms with Crippen LogP contribution in [0.25, 0.3) is 0 Å². The zero-order valence-electron chi connectivity index (χ0n) is 10.2. The number of esters is 2. The lowest BCUT2D eigenvalue weighted by atomic mass is 10.4. The molecule has 2 fully saturated rings. The van der Waals surface area contributed by atoms with Crippen molar-refractivity contribution < 1.29 is 19.1 Å². The minimum Gasteiger partial charge on any atom is -0.468 e. The highest BCUT2D eigenvalue weighted by Gasteiger charge is 2.43. The molecule has 2 saturated heterocycles. The third-order valence-corrected chi connectivity index (χ3v) is 3.27. The maximum Gasteiger partial charge on any atom is 0.324 e. The Labute approximate surface area is 100 Å². The van der Waals surface area contributed by atoms with Crippen molar-refractivity contribution in [3.63, 3.8) is 0 Å². The number of rotatable bonds is 6. The molecule has 2 aliphatic rings. The minimum atomic E-state index is -0.149. The number of ether oxygens (including phenoxy) is 2. The van der Waals surface area contributed by atoms with Crippen molar-refractivity contribution in [1.82, 2.24) is 9.80 Å². The van der Waals surface area contributed by atoms with Gasteiger partial charge in [-0.2, -0.15) is 0 Å². The van der Waals surface area contributed by atoms with Crippen molar-refractivity contribution in [3.05, 3.63) is 0 Å². The van der Waals surface area contributed by atoms with Gasteiger partial charge < -0.3 is 9.47 Å². The maximum absolute atomic E-state index is 11.1. The van der Waals surface area contributed by atoms with Crippen LogP contribution in [0.2, 0.25) is 0 Å². The zero-order valence-corrected chi connectivity index (χ0v) is 10.2. The van der Waals surface area contributed by atoms with Crippen molar-refractivity contribution in [1.29, 1.82) is 0 Å². The smallest absolute Gasteiger partial charge is 0.324 e. The summed E-state index contributed by atoms with van der Waals surface area (Å²) in [6.07, 6.45) is 0.959. The Bertz CT molecular complexity index is 291. The summed E-state index contributed by atoms with van der Waals surface area (Å²) in [5.74, 6) is -0.298. The summed E-state index contributed by atoms with van der Waals surface area (Å²) in [6.45, 7) is 3.36. The molecule has 0 aliphatic carbocycles. The summed E-state index contributed by atoms with van der Waals surface area (Å²) in [4.78, 5) is 26.4. The van der Waals surface area contributed by atoms with Crippen LogP contribution in [0.5, 0.6) is 0 Å². The lowest BCUT2D eigenvalue weighted by molar-refractivity contribution is -0.141. The Hall–Kier alpha value is -1.14. The fraction of sp³-hybridized carbons (Fsp3) is 0.818. The van der Waals surface area contributed by atoms with Crippen molar-refractivity contribution in [2.45, 2.75) is 18.5 Å². The third-order valence-electron chi connectivity index (χ3n) is 3.27. The van der Waals surface area contributed by atoms with Crippen LogP contribution in [0.3, 0.4) is 0 Å². The van der Waals surface area contributed by atoms with E-state index in [1.54, 1.807) is 0 Å². The minimum absolute atomic E-state index is 0.0365. The van der Waals surface area contributed by atoms with Gasteiger partial charge in [-0.1, -0.05) is 0 Å². The molecule has 17 heavy (non-hydrogen) atoms. The van der Waals surface area contributed by atoms with E-state index in [0.29, 0.717) is 0 Å². The summed E-state index contributed by atoms with van der Waals surface area (Å²) in [5.41, 5.74) is 0. The van der Waals surface area contributed by atoms with Crippen LogP contribution in [0, 0.1) is 0 Å². The van der Waals surface area contributed by atoms with E-state index < -0.39 is 0 Å². The van der Waals surface area contributed by atoms with Crippen molar-refractivity contribution >= 4 is 11.9 Å². The van der Waals surface area contributed by atoms with E-state index in [-0.39, 0.29) is 24.0 Å². The van der Waals surface area contributed by atoms with Crippen LogP contribution >= 0.6 is 0 Å². The highest BCUT2D eigenvalue weighted by Crippen LogP contribution is 2.21. The summed E-state index contributed by atoms with van der Waals surface area (Å²) < 4.78 is 9.31. The van der Waals surface area contributed by atoms with E-state index in [2.05, 4.69) is 19.3 Å². The number of carbonyl (C=O) groups is 2. The van der Waals surface area contributed by atoms with Gasteiger partial charge in [0.15, 0.2) is 0 Å². The molecular formula is C11H18N2O4. The quantitative estimate of drug-likeness (QED) is 0.444. The fourth-order valence-corrected chi connectivity index (χ4v) is 2.04. The first-order chi connectivity index (χ1) is 8.17. The normalized spacial score (nSPS) is 34.0. The van der Waals surface area contributed by atoms with Gasteiger partial charge in [-0.3, -0.25) is 19.4 Å². The van der Waals surface area contributed by atoms with Crippen LogP contribution in [0.1, 0.15) is 6.42 Å². The molecule has 2 heterocycles. The molecule has 4 unspecified atom stereocenters. The monoisotopic (exact) mass is 242 g/mol. The van der Waals surface area contributed by atoms with Crippen LogP contribution in [-0.2, 0) is 19.1 Å². The molecule has 0 bridgehead atoms. The Morgan fingerprint density at radius 3 is 1.76 bits per heavy atom. The average molecular weight is 242 g/mol. The lowest BCUT2D eigenvalue weighted by Gasteiger charge is -2.04. The summed E-state index contributed by atoms with van der Waals surface area (Å²) in [5, 5.41) is 0. The van der Waals surface area contributed by atoms with E-state index in [1.165, 1.54) is 14.2 Å². The van der Waals surface area contributed by atoms with Crippen LogP contribution < -0.4 is 0 Å². The molecule has 0 aromatic rings. The predicted molar refractivity (Wildman–Crippen MR) is 59.4 cm³/mol. The lowest BCUT2D eigenvalue weighted by Crippen LogP contribution is -2.19. The number of carbonyl (C=O) groups excluding carboxylic acids is 2. The van der Waals surface area contributed by atoms with E-state index in [9.17, 15) is 9.59 Å². The summed E-state index contributed by atoms with van der Waals surface area (Å²) in [7, 11) is 2.82. The van der Waals surface area contributed by atoms with Gasteiger partial charge in [0.1, 0.15) is 12.1 Å². The van der Waals surface area contributed by atoms with Gasteiger partial charge >= 0.3 is 11.9 Å². The van der Waals surface area contributed by atoms with E-state index in [1.807, 2.05) is 0 Å². The molecule has 6 heteroatoms. The molecule has 0 amide bonds. The van der Waals surface area contributed by atoms with Gasteiger partial charge in [0, 0.05) is 26.2 Å². The van der Waals surface area contributed by atoms with Crippen LogP contribution in [0.15, 0.2) is 0 Å². The molecule has 0 spiro atoms.